The van der Waals surface area contributed by atoms with Gasteiger partial charge in [-0.2, -0.15) is 0 Å². The number of aromatic nitrogens is 2. The van der Waals surface area contributed by atoms with Gasteiger partial charge in [0.1, 0.15) is 0 Å². The molecule has 0 aliphatic heterocycles. The first-order valence-corrected chi connectivity index (χ1v) is 4.56. The van der Waals surface area contributed by atoms with E-state index in [4.69, 9.17) is 0 Å². The van der Waals surface area contributed by atoms with E-state index in [0.717, 1.165) is 11.1 Å². The molecule has 1 aromatic carbocycles. The van der Waals surface area contributed by atoms with E-state index in [1.165, 1.54) is 6.92 Å². The summed E-state index contributed by atoms with van der Waals surface area (Å²) in [5.41, 5.74) is 2.81. The number of hydrogen-bond acceptors (Lipinski definition) is 2. The van der Waals surface area contributed by atoms with E-state index in [2.05, 4.69) is 15.3 Å². The van der Waals surface area contributed by atoms with Crippen molar-refractivity contribution >= 4 is 22.6 Å². The number of hydrogen-bond donors (Lipinski definition) is 3. The molecule has 78 valence electrons. The largest absolute Gasteiger partial charge is 0.326 e. The highest BCUT2D eigenvalue weighted by Crippen LogP contribution is 2.19. The summed E-state index contributed by atoms with van der Waals surface area (Å²) in [6.45, 7) is 3.32. The predicted octanol–water partition coefficient (Wildman–Crippen LogP) is 1.12. The third kappa shape index (κ3) is 1.76. The number of fused-ring (bicyclic) bond motifs is 1. The van der Waals surface area contributed by atoms with Crippen LogP contribution in [0.4, 0.5) is 5.69 Å². The van der Waals surface area contributed by atoms with Gasteiger partial charge in [0.05, 0.1) is 11.0 Å². The number of aryl methyl sites for hydroxylation is 1. The minimum Gasteiger partial charge on any atom is -0.326 e. The van der Waals surface area contributed by atoms with E-state index < -0.39 is 0 Å². The third-order valence-electron chi connectivity index (χ3n) is 2.17. The quantitative estimate of drug-likeness (QED) is 0.652. The zero-order valence-electron chi connectivity index (χ0n) is 8.47. The van der Waals surface area contributed by atoms with Crippen molar-refractivity contribution in [3.05, 3.63) is 28.2 Å². The smallest absolute Gasteiger partial charge is 0.323 e. The van der Waals surface area contributed by atoms with Gasteiger partial charge in [-0.1, -0.05) is 0 Å². The van der Waals surface area contributed by atoms with Gasteiger partial charge in [-0.05, 0) is 24.6 Å². The molecule has 15 heavy (non-hydrogen) atoms. The molecule has 1 aromatic heterocycles. The average Bonchev–Trinajstić information content (AvgIpc) is 2.44. The van der Waals surface area contributed by atoms with Crippen LogP contribution in [0.5, 0.6) is 0 Å². The molecule has 0 spiro atoms. The highest BCUT2D eigenvalue weighted by molar-refractivity contribution is 5.92. The van der Waals surface area contributed by atoms with Crippen molar-refractivity contribution in [1.82, 2.24) is 9.97 Å². The molecule has 0 aliphatic carbocycles. The van der Waals surface area contributed by atoms with Crippen LogP contribution >= 0.6 is 0 Å². The summed E-state index contributed by atoms with van der Waals surface area (Å²) in [4.78, 5) is 27.2. The Kier molecular flexibility index (Phi) is 2.07. The lowest BCUT2D eigenvalue weighted by molar-refractivity contribution is -0.114. The Morgan fingerprint density at radius 3 is 2.47 bits per heavy atom. The Morgan fingerprint density at radius 2 is 1.87 bits per heavy atom. The maximum Gasteiger partial charge on any atom is 0.323 e. The first-order chi connectivity index (χ1) is 7.06. The Balaban J connectivity index is 2.60. The molecule has 0 saturated carbocycles. The summed E-state index contributed by atoms with van der Waals surface area (Å²) in [6, 6.07) is 3.56. The summed E-state index contributed by atoms with van der Waals surface area (Å²) in [7, 11) is 0. The van der Waals surface area contributed by atoms with Crippen molar-refractivity contribution in [2.45, 2.75) is 13.8 Å². The summed E-state index contributed by atoms with van der Waals surface area (Å²) >= 11 is 0. The van der Waals surface area contributed by atoms with Gasteiger partial charge in [-0.15, -0.1) is 0 Å². The molecule has 1 heterocycles. The average molecular weight is 205 g/mol. The molecule has 0 unspecified atom stereocenters. The zero-order valence-corrected chi connectivity index (χ0v) is 8.47. The lowest BCUT2D eigenvalue weighted by atomic mass is 10.2. The molecule has 0 atom stereocenters. The molecule has 5 heteroatoms. The van der Waals surface area contributed by atoms with Crippen molar-refractivity contribution in [3.63, 3.8) is 0 Å². The Labute approximate surface area is 85.5 Å². The first-order valence-electron chi connectivity index (χ1n) is 4.56. The number of carbonyl (C=O) groups is 1. The standard InChI is InChI=1S/C10H11N3O2/c1-5-3-8-9(13-10(15)12-8)4-7(5)11-6(2)14/h3-4H,1-2H3,(H,11,14)(H2,12,13,15). The number of H-pyrrole nitrogens is 2. The predicted molar refractivity (Wildman–Crippen MR) is 58.0 cm³/mol. The molecule has 1 amide bonds. The lowest BCUT2D eigenvalue weighted by Crippen LogP contribution is -2.06. The maximum absolute atomic E-state index is 11.0. The SMILES string of the molecule is CC(=O)Nc1cc2[nH]c(=O)[nH]c2cc1C. The Bertz CT molecular complexity index is 580. The molecule has 0 saturated heterocycles. The van der Waals surface area contributed by atoms with Crippen LogP contribution in [0.3, 0.4) is 0 Å². The number of nitrogens with one attached hydrogen (secondary N) is 3. The van der Waals surface area contributed by atoms with Crippen molar-refractivity contribution in [3.8, 4) is 0 Å². The van der Waals surface area contributed by atoms with E-state index >= 15 is 0 Å². The molecule has 2 rings (SSSR count). The highest BCUT2D eigenvalue weighted by Gasteiger charge is 2.04. The van der Waals surface area contributed by atoms with Gasteiger partial charge in [0, 0.05) is 12.6 Å². The van der Waals surface area contributed by atoms with Gasteiger partial charge in [0.2, 0.25) is 5.91 Å². The number of imidazole rings is 1. The second kappa shape index (κ2) is 3.27. The minimum atomic E-state index is -0.246. The van der Waals surface area contributed by atoms with Crippen LogP contribution in [0, 0.1) is 6.92 Å². The van der Waals surface area contributed by atoms with E-state index in [1.807, 2.05) is 13.0 Å². The van der Waals surface area contributed by atoms with Crippen molar-refractivity contribution in [2.75, 3.05) is 5.32 Å². The molecule has 0 bridgehead atoms. The molecule has 0 radical (unpaired) electrons. The number of rotatable bonds is 1. The van der Waals surface area contributed by atoms with E-state index in [-0.39, 0.29) is 11.6 Å². The van der Waals surface area contributed by atoms with Gasteiger partial charge in [0.15, 0.2) is 0 Å². The molecular weight excluding hydrogens is 194 g/mol. The zero-order chi connectivity index (χ0) is 11.0. The number of benzene rings is 1. The number of aromatic amines is 2. The van der Waals surface area contributed by atoms with Gasteiger partial charge in [0.25, 0.3) is 0 Å². The normalized spacial score (nSPS) is 10.5. The lowest BCUT2D eigenvalue weighted by Gasteiger charge is -2.05. The Hall–Kier alpha value is -2.04. The first kappa shape index (κ1) is 9.51. The van der Waals surface area contributed by atoms with Crippen LogP contribution in [0.2, 0.25) is 0 Å². The van der Waals surface area contributed by atoms with Crippen LogP contribution in [-0.4, -0.2) is 15.9 Å². The second-order valence-electron chi connectivity index (χ2n) is 3.47. The minimum absolute atomic E-state index is 0.129. The molecule has 5 nitrogen and oxygen atoms in total. The van der Waals surface area contributed by atoms with Crippen molar-refractivity contribution < 1.29 is 4.79 Å². The van der Waals surface area contributed by atoms with Crippen molar-refractivity contribution in [2.24, 2.45) is 0 Å². The fourth-order valence-electron chi connectivity index (χ4n) is 1.51. The molecule has 0 aliphatic rings. The summed E-state index contributed by atoms with van der Waals surface area (Å²) < 4.78 is 0. The van der Waals surface area contributed by atoms with Crippen molar-refractivity contribution in [1.29, 1.82) is 0 Å². The van der Waals surface area contributed by atoms with Crippen LogP contribution < -0.4 is 11.0 Å². The number of amides is 1. The number of anilines is 1. The second-order valence-corrected chi connectivity index (χ2v) is 3.47. The fraction of sp³-hybridized carbons (Fsp3) is 0.200. The summed E-state index contributed by atoms with van der Waals surface area (Å²) in [5.74, 6) is -0.129. The van der Waals surface area contributed by atoms with E-state index in [9.17, 15) is 9.59 Å². The van der Waals surface area contributed by atoms with E-state index in [1.54, 1.807) is 6.07 Å². The van der Waals surface area contributed by atoms with Gasteiger partial charge < -0.3 is 15.3 Å². The summed E-state index contributed by atoms with van der Waals surface area (Å²) in [5, 5.41) is 2.70. The van der Waals surface area contributed by atoms with Crippen LogP contribution in [0.15, 0.2) is 16.9 Å². The molecule has 0 fully saturated rings. The number of carbonyl (C=O) groups excluding carboxylic acids is 1. The monoisotopic (exact) mass is 205 g/mol. The third-order valence-corrected chi connectivity index (χ3v) is 2.17. The Morgan fingerprint density at radius 1 is 1.27 bits per heavy atom. The van der Waals surface area contributed by atoms with Crippen LogP contribution in [-0.2, 0) is 4.79 Å². The van der Waals surface area contributed by atoms with Gasteiger partial charge in [-0.25, -0.2) is 4.79 Å². The van der Waals surface area contributed by atoms with Gasteiger partial charge >= 0.3 is 5.69 Å². The van der Waals surface area contributed by atoms with Crippen LogP contribution in [0.1, 0.15) is 12.5 Å². The molecule has 3 N–H and O–H groups in total. The van der Waals surface area contributed by atoms with Crippen LogP contribution in [0.25, 0.3) is 11.0 Å². The topological polar surface area (TPSA) is 77.8 Å². The summed E-state index contributed by atoms with van der Waals surface area (Å²) in [6.07, 6.45) is 0. The fourth-order valence-corrected chi connectivity index (χ4v) is 1.51. The molecular formula is C10H11N3O2. The van der Waals surface area contributed by atoms with Gasteiger partial charge in [-0.3, -0.25) is 4.79 Å². The maximum atomic E-state index is 11.0. The molecule has 2 aromatic rings. The highest BCUT2D eigenvalue weighted by atomic mass is 16.1. The van der Waals surface area contributed by atoms with E-state index in [0.29, 0.717) is 11.2 Å².